The minimum atomic E-state index is 0.356. The number of benzene rings is 1. The molecule has 0 radical (unpaired) electrons. The summed E-state index contributed by atoms with van der Waals surface area (Å²) in [5.41, 5.74) is 4.66. The zero-order chi connectivity index (χ0) is 20.1. The van der Waals surface area contributed by atoms with Crippen molar-refractivity contribution in [1.82, 2.24) is 19.9 Å². The van der Waals surface area contributed by atoms with E-state index in [4.69, 9.17) is 4.74 Å². The number of nitrogens with zero attached hydrogens (tertiary/aromatic N) is 5. The van der Waals surface area contributed by atoms with Gasteiger partial charge in [0.05, 0.1) is 0 Å². The van der Waals surface area contributed by atoms with Crippen molar-refractivity contribution >= 4 is 16.9 Å². The highest BCUT2D eigenvalue weighted by atomic mass is 16.5. The Hall–Kier alpha value is -3.98. The van der Waals surface area contributed by atoms with Crippen LogP contribution >= 0.6 is 0 Å². The van der Waals surface area contributed by atoms with E-state index in [0.29, 0.717) is 29.3 Å². The first-order chi connectivity index (χ1) is 14.2. The maximum atomic E-state index is 5.93. The Balaban J connectivity index is 1.66. The molecular formula is C23H19N5O. The monoisotopic (exact) mass is 381 g/mol. The first-order valence-electron chi connectivity index (χ1n) is 9.13. The summed E-state index contributed by atoms with van der Waals surface area (Å²) in [5.74, 6) is 6.62. The lowest BCUT2D eigenvalue weighted by Crippen LogP contribution is -2.07. The first kappa shape index (κ1) is 18.4. The lowest BCUT2D eigenvalue weighted by atomic mass is 10.2. The summed E-state index contributed by atoms with van der Waals surface area (Å²) in [4.78, 5) is 19.5. The van der Waals surface area contributed by atoms with Crippen LogP contribution in [0.5, 0.6) is 5.88 Å². The summed E-state index contributed by atoms with van der Waals surface area (Å²) in [7, 11) is 4.01. The maximum absolute atomic E-state index is 5.93. The molecule has 0 aliphatic heterocycles. The van der Waals surface area contributed by atoms with E-state index in [9.17, 15) is 0 Å². The molecule has 6 nitrogen and oxygen atoms in total. The van der Waals surface area contributed by atoms with E-state index in [1.165, 1.54) is 0 Å². The van der Waals surface area contributed by atoms with Gasteiger partial charge in [-0.25, -0.2) is 15.0 Å². The molecule has 0 atom stereocenters. The van der Waals surface area contributed by atoms with E-state index in [0.717, 1.165) is 16.8 Å². The molecule has 0 spiro atoms. The molecule has 3 aromatic heterocycles. The van der Waals surface area contributed by atoms with E-state index >= 15 is 0 Å². The molecule has 0 saturated heterocycles. The minimum absolute atomic E-state index is 0.356. The van der Waals surface area contributed by atoms with Gasteiger partial charge in [-0.2, -0.15) is 0 Å². The fourth-order valence-electron chi connectivity index (χ4n) is 2.67. The number of fused-ring (bicyclic) bond motifs is 1. The summed E-state index contributed by atoms with van der Waals surface area (Å²) in [6, 6.07) is 15.5. The van der Waals surface area contributed by atoms with Crippen LogP contribution in [0.3, 0.4) is 0 Å². The van der Waals surface area contributed by atoms with Crippen LogP contribution in [0, 0.1) is 11.8 Å². The van der Waals surface area contributed by atoms with E-state index in [1.807, 2.05) is 67.5 Å². The predicted molar refractivity (Wildman–Crippen MR) is 113 cm³/mol. The average Bonchev–Trinajstić information content (AvgIpc) is 2.77. The minimum Gasteiger partial charge on any atom is -0.471 e. The van der Waals surface area contributed by atoms with Gasteiger partial charge >= 0.3 is 0 Å². The molecule has 6 heteroatoms. The second-order valence-electron chi connectivity index (χ2n) is 6.56. The third-order valence-electron chi connectivity index (χ3n) is 4.24. The Bertz CT molecular complexity index is 1180. The van der Waals surface area contributed by atoms with Gasteiger partial charge in [-0.05, 0) is 60.0 Å². The van der Waals surface area contributed by atoms with Gasteiger partial charge in [0.2, 0.25) is 5.88 Å². The molecule has 142 valence electrons. The number of hydrogen-bond acceptors (Lipinski definition) is 6. The SMILES string of the molecule is CN(C)c1ccc(C#Cc2nc3ncccc3nc2OCc2ccncc2)cc1. The van der Waals surface area contributed by atoms with Crippen molar-refractivity contribution in [3.8, 4) is 17.7 Å². The Labute approximate surface area is 169 Å². The first-order valence-corrected chi connectivity index (χ1v) is 9.13. The van der Waals surface area contributed by atoms with Gasteiger partial charge in [0.1, 0.15) is 12.1 Å². The van der Waals surface area contributed by atoms with Gasteiger partial charge < -0.3 is 9.64 Å². The largest absolute Gasteiger partial charge is 0.471 e. The van der Waals surface area contributed by atoms with Crippen molar-refractivity contribution in [3.63, 3.8) is 0 Å². The molecule has 0 fully saturated rings. The molecule has 0 bridgehead atoms. The summed E-state index contributed by atoms with van der Waals surface area (Å²) in [6.07, 6.45) is 5.14. The lowest BCUT2D eigenvalue weighted by Gasteiger charge is -2.11. The molecule has 0 saturated carbocycles. The van der Waals surface area contributed by atoms with Crippen LogP contribution in [0.1, 0.15) is 16.8 Å². The number of aromatic nitrogens is 4. The number of rotatable bonds is 4. The molecule has 0 N–H and O–H groups in total. The summed E-state index contributed by atoms with van der Waals surface area (Å²) in [5, 5.41) is 0. The summed E-state index contributed by atoms with van der Waals surface area (Å²) in [6.45, 7) is 0.356. The fourth-order valence-corrected chi connectivity index (χ4v) is 2.67. The summed E-state index contributed by atoms with van der Waals surface area (Å²) >= 11 is 0. The van der Waals surface area contributed by atoms with E-state index in [-0.39, 0.29) is 0 Å². The van der Waals surface area contributed by atoms with Gasteiger partial charge in [-0.3, -0.25) is 4.98 Å². The molecule has 29 heavy (non-hydrogen) atoms. The van der Waals surface area contributed by atoms with Gasteiger partial charge in [-0.1, -0.05) is 5.92 Å². The normalized spacial score (nSPS) is 10.3. The number of hydrogen-bond donors (Lipinski definition) is 0. The fraction of sp³-hybridized carbons (Fsp3) is 0.130. The molecule has 0 unspecified atom stereocenters. The number of anilines is 1. The Kier molecular flexibility index (Phi) is 5.30. The third kappa shape index (κ3) is 4.47. The average molecular weight is 381 g/mol. The van der Waals surface area contributed by atoms with Crippen molar-refractivity contribution in [2.24, 2.45) is 0 Å². The van der Waals surface area contributed by atoms with Crippen LogP contribution in [-0.2, 0) is 6.61 Å². The van der Waals surface area contributed by atoms with Crippen LogP contribution < -0.4 is 9.64 Å². The molecule has 1 aromatic carbocycles. The van der Waals surface area contributed by atoms with Crippen molar-refractivity contribution in [2.75, 3.05) is 19.0 Å². The lowest BCUT2D eigenvalue weighted by molar-refractivity contribution is 0.292. The van der Waals surface area contributed by atoms with E-state index < -0.39 is 0 Å². The third-order valence-corrected chi connectivity index (χ3v) is 4.24. The topological polar surface area (TPSA) is 64.0 Å². The van der Waals surface area contributed by atoms with Gasteiger partial charge in [0, 0.05) is 43.9 Å². The standard InChI is InChI=1S/C23H19N5O/c1-28(2)19-8-5-17(6-9-19)7-10-21-23(29-16-18-11-14-24-15-12-18)27-20-4-3-13-25-22(20)26-21/h3-6,8-9,11-15H,16H2,1-2H3. The molecule has 0 amide bonds. The highest BCUT2D eigenvalue weighted by molar-refractivity contribution is 5.71. The highest BCUT2D eigenvalue weighted by Gasteiger charge is 2.09. The molecule has 4 aromatic rings. The van der Waals surface area contributed by atoms with E-state index in [1.54, 1.807) is 18.6 Å². The van der Waals surface area contributed by atoms with E-state index in [2.05, 4.69) is 31.8 Å². The molecular weight excluding hydrogens is 362 g/mol. The van der Waals surface area contributed by atoms with Crippen molar-refractivity contribution in [1.29, 1.82) is 0 Å². The Morgan fingerprint density at radius 2 is 1.69 bits per heavy atom. The second-order valence-corrected chi connectivity index (χ2v) is 6.56. The second kappa shape index (κ2) is 8.36. The van der Waals surface area contributed by atoms with Gasteiger partial charge in [-0.15, -0.1) is 0 Å². The van der Waals surface area contributed by atoms with Crippen LogP contribution in [0.2, 0.25) is 0 Å². The quantitative estimate of drug-likeness (QED) is 0.505. The van der Waals surface area contributed by atoms with Crippen LogP contribution in [0.15, 0.2) is 67.1 Å². The van der Waals surface area contributed by atoms with Crippen molar-refractivity contribution in [3.05, 3.63) is 83.9 Å². The predicted octanol–water partition coefficient (Wildman–Crippen LogP) is 3.46. The Morgan fingerprint density at radius 1 is 0.897 bits per heavy atom. The highest BCUT2D eigenvalue weighted by Crippen LogP contribution is 2.19. The summed E-state index contributed by atoms with van der Waals surface area (Å²) < 4.78 is 5.93. The van der Waals surface area contributed by atoms with Crippen LogP contribution in [0.4, 0.5) is 5.69 Å². The zero-order valence-electron chi connectivity index (χ0n) is 16.2. The molecule has 0 aliphatic carbocycles. The van der Waals surface area contributed by atoms with Crippen molar-refractivity contribution in [2.45, 2.75) is 6.61 Å². The smallest absolute Gasteiger partial charge is 0.250 e. The number of pyridine rings is 2. The molecule has 4 rings (SSSR count). The zero-order valence-corrected chi connectivity index (χ0v) is 16.2. The van der Waals surface area contributed by atoms with Gasteiger partial charge in [0.15, 0.2) is 11.3 Å². The van der Waals surface area contributed by atoms with Crippen LogP contribution in [-0.4, -0.2) is 34.0 Å². The Morgan fingerprint density at radius 3 is 2.45 bits per heavy atom. The molecule has 0 aliphatic rings. The van der Waals surface area contributed by atoms with Gasteiger partial charge in [0.25, 0.3) is 0 Å². The maximum Gasteiger partial charge on any atom is 0.250 e. The molecule has 3 heterocycles. The van der Waals surface area contributed by atoms with Crippen molar-refractivity contribution < 1.29 is 4.74 Å². The van der Waals surface area contributed by atoms with Crippen LogP contribution in [0.25, 0.3) is 11.2 Å². The number of ether oxygens (including phenoxy) is 1.